The number of hydrogen-bond acceptors (Lipinski definition) is 5. The maximum absolute atomic E-state index is 11.9. The van der Waals surface area contributed by atoms with E-state index in [4.69, 9.17) is 5.73 Å². The van der Waals surface area contributed by atoms with Crippen molar-refractivity contribution in [1.82, 2.24) is 14.8 Å². The number of aromatic nitrogens is 3. The van der Waals surface area contributed by atoms with Crippen LogP contribution in [-0.4, -0.2) is 26.4 Å². The Morgan fingerprint density at radius 1 is 1.50 bits per heavy atom. The predicted molar refractivity (Wildman–Crippen MR) is 87.4 cm³/mol. The molecule has 20 heavy (non-hydrogen) atoms. The van der Waals surface area contributed by atoms with Gasteiger partial charge in [0, 0.05) is 16.3 Å². The van der Waals surface area contributed by atoms with Crippen LogP contribution in [-0.2, 0) is 18.4 Å². The molecule has 0 fully saturated rings. The second kappa shape index (κ2) is 7.04. The van der Waals surface area contributed by atoms with E-state index in [2.05, 4.69) is 38.1 Å². The van der Waals surface area contributed by atoms with Crippen LogP contribution in [0.1, 0.15) is 5.82 Å². The molecule has 106 valence electrons. The van der Waals surface area contributed by atoms with Gasteiger partial charge < -0.3 is 15.6 Å². The van der Waals surface area contributed by atoms with Crippen molar-refractivity contribution in [2.75, 3.05) is 11.1 Å². The lowest BCUT2D eigenvalue weighted by Crippen LogP contribution is -2.14. The van der Waals surface area contributed by atoms with Crippen LogP contribution in [0.25, 0.3) is 0 Å². The fourth-order valence-electron chi connectivity index (χ4n) is 1.54. The van der Waals surface area contributed by atoms with E-state index in [9.17, 15) is 4.79 Å². The number of halogens is 1. The molecule has 0 saturated heterocycles. The number of nitrogens with zero attached hydrogens (tertiary/aromatic N) is 3. The predicted octanol–water partition coefficient (Wildman–Crippen LogP) is 1.61. The quantitative estimate of drug-likeness (QED) is 0.585. The van der Waals surface area contributed by atoms with E-state index in [1.807, 2.05) is 31.3 Å². The Morgan fingerprint density at radius 3 is 2.95 bits per heavy atom. The number of carbonyl (C=O) groups is 1. The smallest absolute Gasteiger partial charge is 0.234 e. The van der Waals surface area contributed by atoms with Crippen LogP contribution >= 0.6 is 34.4 Å². The first-order valence-corrected chi connectivity index (χ1v) is 7.93. The number of hydrogen-bond donors (Lipinski definition) is 2. The lowest BCUT2D eigenvalue weighted by atomic mass is 10.3. The summed E-state index contributed by atoms with van der Waals surface area (Å²) in [6, 6.07) is 7.65. The lowest BCUT2D eigenvalue weighted by molar-refractivity contribution is -0.113. The van der Waals surface area contributed by atoms with Crippen LogP contribution in [0.3, 0.4) is 0 Å². The molecular formula is C12H14IN5OS. The van der Waals surface area contributed by atoms with Gasteiger partial charge in [0.05, 0.1) is 12.3 Å². The third-order valence-electron chi connectivity index (χ3n) is 2.55. The van der Waals surface area contributed by atoms with Gasteiger partial charge in [-0.3, -0.25) is 4.79 Å². The van der Waals surface area contributed by atoms with Crippen LogP contribution in [0.15, 0.2) is 29.4 Å². The molecule has 0 unspecified atom stereocenters. The molecule has 2 rings (SSSR count). The van der Waals surface area contributed by atoms with Crippen LogP contribution in [0.5, 0.6) is 0 Å². The molecule has 2 aromatic rings. The molecule has 0 aliphatic carbocycles. The minimum absolute atomic E-state index is 0.0747. The van der Waals surface area contributed by atoms with E-state index < -0.39 is 0 Å². The summed E-state index contributed by atoms with van der Waals surface area (Å²) in [6.07, 6.45) is 0. The number of thioether (sulfide) groups is 1. The topological polar surface area (TPSA) is 85.8 Å². The summed E-state index contributed by atoms with van der Waals surface area (Å²) in [5.74, 6) is 0.905. The fourth-order valence-corrected chi connectivity index (χ4v) is 2.81. The molecular weight excluding hydrogens is 389 g/mol. The molecule has 1 aromatic carbocycles. The standard InChI is InChI=1S/C12H14IN5OS/c1-18-10(6-14)16-17-12(18)20-7-11(19)15-9-4-2-3-8(13)5-9/h2-5H,6-7,14H2,1H3,(H,15,19). The summed E-state index contributed by atoms with van der Waals surface area (Å²) in [5, 5.41) is 11.5. The third-order valence-corrected chi connectivity index (χ3v) is 4.24. The number of benzene rings is 1. The largest absolute Gasteiger partial charge is 0.325 e. The highest BCUT2D eigenvalue weighted by molar-refractivity contribution is 14.1. The molecule has 0 atom stereocenters. The number of anilines is 1. The molecule has 0 spiro atoms. The van der Waals surface area contributed by atoms with Gasteiger partial charge in [-0.1, -0.05) is 17.8 Å². The maximum atomic E-state index is 11.9. The Balaban J connectivity index is 1.90. The zero-order valence-electron chi connectivity index (χ0n) is 10.8. The van der Waals surface area contributed by atoms with Crippen LogP contribution < -0.4 is 11.1 Å². The van der Waals surface area contributed by atoms with Gasteiger partial charge in [0.15, 0.2) is 5.16 Å². The van der Waals surface area contributed by atoms with Gasteiger partial charge in [0.25, 0.3) is 0 Å². The van der Waals surface area contributed by atoms with Crippen molar-refractivity contribution in [3.63, 3.8) is 0 Å². The van der Waals surface area contributed by atoms with Crippen molar-refractivity contribution in [3.05, 3.63) is 33.7 Å². The van der Waals surface area contributed by atoms with Crippen molar-refractivity contribution in [2.45, 2.75) is 11.7 Å². The Morgan fingerprint density at radius 2 is 2.30 bits per heavy atom. The molecule has 8 heteroatoms. The molecule has 0 aliphatic heterocycles. The van der Waals surface area contributed by atoms with E-state index in [1.165, 1.54) is 11.8 Å². The first-order valence-electron chi connectivity index (χ1n) is 5.86. The zero-order chi connectivity index (χ0) is 14.5. The Labute approximate surface area is 134 Å². The third kappa shape index (κ3) is 3.93. The monoisotopic (exact) mass is 403 g/mol. The minimum Gasteiger partial charge on any atom is -0.325 e. The molecule has 1 amide bonds. The average molecular weight is 403 g/mol. The molecule has 3 N–H and O–H groups in total. The second-order valence-corrected chi connectivity index (χ2v) is 6.20. The van der Waals surface area contributed by atoms with E-state index in [0.717, 1.165) is 9.26 Å². The number of amides is 1. The second-order valence-electron chi connectivity index (χ2n) is 4.01. The number of nitrogens with two attached hydrogens (primary N) is 1. The summed E-state index contributed by atoms with van der Waals surface area (Å²) in [7, 11) is 1.84. The lowest BCUT2D eigenvalue weighted by Gasteiger charge is -2.05. The average Bonchev–Trinajstić information content (AvgIpc) is 2.77. The van der Waals surface area contributed by atoms with Gasteiger partial charge in [0.2, 0.25) is 5.91 Å². The zero-order valence-corrected chi connectivity index (χ0v) is 13.8. The van der Waals surface area contributed by atoms with Crippen molar-refractivity contribution < 1.29 is 4.79 Å². The number of rotatable bonds is 5. The van der Waals surface area contributed by atoms with Gasteiger partial charge in [-0.2, -0.15) is 0 Å². The fraction of sp³-hybridized carbons (Fsp3) is 0.250. The molecule has 0 aliphatic rings. The summed E-state index contributed by atoms with van der Waals surface area (Å²) in [5.41, 5.74) is 6.32. The van der Waals surface area contributed by atoms with Crippen LogP contribution in [0.4, 0.5) is 5.69 Å². The number of carbonyl (C=O) groups excluding carboxylic acids is 1. The Hall–Kier alpha value is -1.13. The highest BCUT2D eigenvalue weighted by Crippen LogP contribution is 2.17. The minimum atomic E-state index is -0.0747. The molecule has 1 heterocycles. The van der Waals surface area contributed by atoms with Gasteiger partial charge in [-0.25, -0.2) is 0 Å². The Bertz CT molecular complexity index is 616. The molecule has 1 aromatic heterocycles. The first kappa shape index (κ1) is 15.3. The van der Waals surface area contributed by atoms with E-state index in [1.54, 1.807) is 4.57 Å². The van der Waals surface area contributed by atoms with Gasteiger partial charge in [0.1, 0.15) is 5.82 Å². The Kier molecular flexibility index (Phi) is 5.38. The summed E-state index contributed by atoms with van der Waals surface area (Å²) >= 11 is 3.54. The molecule has 0 radical (unpaired) electrons. The van der Waals surface area contributed by atoms with Crippen LogP contribution in [0, 0.1) is 3.57 Å². The van der Waals surface area contributed by atoms with Crippen molar-refractivity contribution in [3.8, 4) is 0 Å². The number of nitrogens with one attached hydrogen (secondary N) is 1. The van der Waals surface area contributed by atoms with Crippen LogP contribution in [0.2, 0.25) is 0 Å². The van der Waals surface area contributed by atoms with Gasteiger partial charge in [-0.15, -0.1) is 10.2 Å². The SMILES string of the molecule is Cn1c(CN)nnc1SCC(=O)Nc1cccc(I)c1. The molecule has 0 saturated carbocycles. The first-order chi connectivity index (χ1) is 9.60. The van der Waals surface area contributed by atoms with Crippen molar-refractivity contribution >= 4 is 45.9 Å². The van der Waals surface area contributed by atoms with Crippen molar-refractivity contribution in [1.29, 1.82) is 0 Å². The van der Waals surface area contributed by atoms with Gasteiger partial charge in [-0.05, 0) is 40.8 Å². The molecule has 6 nitrogen and oxygen atoms in total. The van der Waals surface area contributed by atoms with Gasteiger partial charge >= 0.3 is 0 Å². The summed E-state index contributed by atoms with van der Waals surface area (Å²) in [4.78, 5) is 11.9. The van der Waals surface area contributed by atoms with E-state index in [0.29, 0.717) is 17.5 Å². The summed E-state index contributed by atoms with van der Waals surface area (Å²) in [6.45, 7) is 0.332. The van der Waals surface area contributed by atoms with E-state index in [-0.39, 0.29) is 11.7 Å². The normalized spacial score (nSPS) is 10.6. The highest BCUT2D eigenvalue weighted by Gasteiger charge is 2.10. The maximum Gasteiger partial charge on any atom is 0.234 e. The highest BCUT2D eigenvalue weighted by atomic mass is 127. The summed E-state index contributed by atoms with van der Waals surface area (Å²) < 4.78 is 2.87. The van der Waals surface area contributed by atoms with Crippen molar-refractivity contribution in [2.24, 2.45) is 12.8 Å². The van der Waals surface area contributed by atoms with E-state index >= 15 is 0 Å². The molecule has 0 bridgehead atoms.